The number of para-hydroxylation sites is 1. The van der Waals surface area contributed by atoms with E-state index in [0.29, 0.717) is 23.3 Å². The highest BCUT2D eigenvalue weighted by molar-refractivity contribution is 6.02. The van der Waals surface area contributed by atoms with Crippen molar-refractivity contribution < 1.29 is 38.6 Å². The fraction of sp³-hybridized carbons (Fsp3) is 0.323. The Morgan fingerprint density at radius 1 is 0.977 bits per heavy atom. The van der Waals surface area contributed by atoms with E-state index in [9.17, 15) is 29.1 Å². The van der Waals surface area contributed by atoms with Crippen LogP contribution in [-0.2, 0) is 19.1 Å². The normalized spacial score (nSPS) is 20.7. The van der Waals surface area contributed by atoms with Crippen LogP contribution in [0.5, 0.6) is 5.75 Å². The number of nitrogens with one attached hydrogen (secondary N) is 2. The van der Waals surface area contributed by atoms with E-state index in [1.165, 1.54) is 16.9 Å². The average molecular weight is 589 g/mol. The Kier molecular flexibility index (Phi) is 8.86. The second kappa shape index (κ2) is 12.9. The smallest absolute Gasteiger partial charge is 0.310 e. The van der Waals surface area contributed by atoms with Gasteiger partial charge < -0.3 is 35.0 Å². The molecule has 2 heterocycles. The van der Waals surface area contributed by atoms with Crippen molar-refractivity contribution in [3.05, 3.63) is 77.9 Å². The summed E-state index contributed by atoms with van der Waals surface area (Å²) in [6.45, 7) is -0.156. The maximum Gasteiger partial charge on any atom is 0.310 e. The standard InChI is InChI=1S/C31H32N4O8/c1-42-25-10-5-4-9-22(25)29(39)34-13-6-14-35(18-26(36)32-23-16-27(37)43-31(23)41)30(40)24(17-34)33-28(38)21-12-11-19-7-2-3-8-20(19)15-21/h2-5,7-12,15,23-24,31,41H,6,13-14,16-18H2,1H3,(H,32,36)(H,33,38)/t23-,24-,31?/m0/s1. The van der Waals surface area contributed by atoms with E-state index in [0.717, 1.165) is 10.8 Å². The third-order valence-electron chi connectivity index (χ3n) is 7.47. The molecular formula is C31H32N4O8. The second-order valence-electron chi connectivity index (χ2n) is 10.4. The summed E-state index contributed by atoms with van der Waals surface area (Å²) >= 11 is 0. The molecule has 4 amide bonds. The number of rotatable bonds is 7. The van der Waals surface area contributed by atoms with Crippen LogP contribution in [-0.4, -0.2) is 96.2 Å². The van der Waals surface area contributed by atoms with Crippen LogP contribution in [0.25, 0.3) is 10.8 Å². The molecule has 0 bridgehead atoms. The van der Waals surface area contributed by atoms with Crippen LogP contribution >= 0.6 is 0 Å². The molecule has 1 unspecified atom stereocenters. The van der Waals surface area contributed by atoms with Crippen LogP contribution in [0, 0.1) is 0 Å². The highest BCUT2D eigenvalue weighted by atomic mass is 16.6. The Hall–Kier alpha value is -4.97. The van der Waals surface area contributed by atoms with Crippen LogP contribution in [0.4, 0.5) is 0 Å². The van der Waals surface area contributed by atoms with Gasteiger partial charge in [0.1, 0.15) is 17.8 Å². The van der Waals surface area contributed by atoms with Crippen LogP contribution in [0.15, 0.2) is 66.7 Å². The van der Waals surface area contributed by atoms with Crippen molar-refractivity contribution in [1.29, 1.82) is 0 Å². The predicted octanol–water partition coefficient (Wildman–Crippen LogP) is 1.07. The van der Waals surface area contributed by atoms with Gasteiger partial charge >= 0.3 is 5.97 Å². The molecule has 0 aromatic heterocycles. The molecule has 0 radical (unpaired) electrons. The van der Waals surface area contributed by atoms with Crippen molar-refractivity contribution in [2.75, 3.05) is 33.3 Å². The number of aliphatic hydroxyl groups is 1. The highest BCUT2D eigenvalue weighted by Crippen LogP contribution is 2.21. The van der Waals surface area contributed by atoms with E-state index in [1.807, 2.05) is 30.3 Å². The van der Waals surface area contributed by atoms with Gasteiger partial charge in [0, 0.05) is 18.7 Å². The van der Waals surface area contributed by atoms with E-state index < -0.39 is 42.1 Å². The number of amides is 4. The monoisotopic (exact) mass is 588 g/mol. The van der Waals surface area contributed by atoms with Crippen molar-refractivity contribution in [3.63, 3.8) is 0 Å². The van der Waals surface area contributed by atoms with Gasteiger partial charge in [-0.25, -0.2) is 0 Å². The molecule has 224 valence electrons. The van der Waals surface area contributed by atoms with Crippen molar-refractivity contribution in [3.8, 4) is 5.75 Å². The lowest BCUT2D eigenvalue weighted by atomic mass is 10.1. The zero-order valence-corrected chi connectivity index (χ0v) is 23.5. The molecule has 0 aliphatic carbocycles. The molecule has 12 heteroatoms. The van der Waals surface area contributed by atoms with Gasteiger partial charge in [-0.3, -0.25) is 24.0 Å². The number of aliphatic hydroxyl groups excluding tert-OH is 1. The molecule has 3 N–H and O–H groups in total. The molecule has 5 rings (SSSR count). The van der Waals surface area contributed by atoms with E-state index in [2.05, 4.69) is 15.4 Å². The number of cyclic esters (lactones) is 1. The number of hydrogen-bond donors (Lipinski definition) is 3. The fourth-order valence-corrected chi connectivity index (χ4v) is 5.28. The summed E-state index contributed by atoms with van der Waals surface area (Å²) in [5, 5.41) is 17.0. The van der Waals surface area contributed by atoms with Crippen molar-refractivity contribution >= 4 is 40.4 Å². The number of carbonyl (C=O) groups excluding carboxylic acids is 5. The molecule has 2 saturated heterocycles. The maximum absolute atomic E-state index is 13.8. The minimum atomic E-state index is -1.47. The van der Waals surface area contributed by atoms with Crippen molar-refractivity contribution in [2.24, 2.45) is 0 Å². The lowest BCUT2D eigenvalue weighted by molar-refractivity contribution is -0.155. The van der Waals surface area contributed by atoms with Gasteiger partial charge in [-0.2, -0.15) is 0 Å². The van der Waals surface area contributed by atoms with E-state index >= 15 is 0 Å². The molecule has 0 saturated carbocycles. The first-order valence-corrected chi connectivity index (χ1v) is 13.9. The number of hydrogen-bond acceptors (Lipinski definition) is 8. The number of esters is 1. The van der Waals surface area contributed by atoms with Crippen molar-refractivity contribution in [2.45, 2.75) is 31.2 Å². The van der Waals surface area contributed by atoms with Crippen LogP contribution in [0.3, 0.4) is 0 Å². The quantitative estimate of drug-likeness (QED) is 0.347. The molecular weight excluding hydrogens is 556 g/mol. The number of nitrogens with zero attached hydrogens (tertiary/aromatic N) is 2. The molecule has 2 fully saturated rings. The molecule has 0 spiro atoms. The third-order valence-corrected chi connectivity index (χ3v) is 7.47. The minimum Gasteiger partial charge on any atom is -0.496 e. The minimum absolute atomic E-state index is 0.118. The summed E-state index contributed by atoms with van der Waals surface area (Å²) in [7, 11) is 1.46. The number of ether oxygens (including phenoxy) is 2. The van der Waals surface area contributed by atoms with E-state index in [1.54, 1.807) is 36.4 Å². The average Bonchev–Trinajstić information content (AvgIpc) is 3.33. The first-order chi connectivity index (χ1) is 20.7. The van der Waals surface area contributed by atoms with Gasteiger partial charge in [-0.1, -0.05) is 42.5 Å². The van der Waals surface area contributed by atoms with Gasteiger partial charge in [0.15, 0.2) is 0 Å². The Morgan fingerprint density at radius 3 is 2.47 bits per heavy atom. The first-order valence-electron chi connectivity index (χ1n) is 13.9. The predicted molar refractivity (Wildman–Crippen MR) is 154 cm³/mol. The summed E-state index contributed by atoms with van der Waals surface area (Å²) in [4.78, 5) is 67.9. The Morgan fingerprint density at radius 2 is 1.72 bits per heavy atom. The molecule has 3 aromatic rings. The number of methoxy groups -OCH3 is 1. The fourth-order valence-electron chi connectivity index (χ4n) is 5.28. The largest absolute Gasteiger partial charge is 0.496 e. The van der Waals surface area contributed by atoms with Crippen molar-refractivity contribution in [1.82, 2.24) is 20.4 Å². The summed E-state index contributed by atoms with van der Waals surface area (Å²) in [6, 6.07) is 17.4. The zero-order valence-electron chi connectivity index (χ0n) is 23.5. The summed E-state index contributed by atoms with van der Waals surface area (Å²) < 4.78 is 10.0. The Labute approximate surface area is 247 Å². The highest BCUT2D eigenvalue weighted by Gasteiger charge is 2.37. The summed E-state index contributed by atoms with van der Waals surface area (Å²) in [5.74, 6) is -2.28. The molecule has 43 heavy (non-hydrogen) atoms. The lowest BCUT2D eigenvalue weighted by Crippen LogP contribution is -2.58. The number of fused-ring (bicyclic) bond motifs is 1. The lowest BCUT2D eigenvalue weighted by Gasteiger charge is -2.35. The summed E-state index contributed by atoms with van der Waals surface area (Å²) in [6.07, 6.45) is -1.30. The molecule has 3 atom stereocenters. The maximum atomic E-state index is 13.8. The Balaban J connectivity index is 1.37. The van der Waals surface area contributed by atoms with E-state index in [4.69, 9.17) is 4.74 Å². The second-order valence-corrected chi connectivity index (χ2v) is 10.4. The van der Waals surface area contributed by atoms with Gasteiger partial charge in [0.2, 0.25) is 18.1 Å². The molecule has 12 nitrogen and oxygen atoms in total. The Bertz CT molecular complexity index is 1560. The van der Waals surface area contributed by atoms with Gasteiger partial charge in [-0.15, -0.1) is 0 Å². The SMILES string of the molecule is COc1ccccc1C(=O)N1CCCN(CC(=O)N[C@H]2CC(=O)OC2O)C(=O)[C@@H](NC(=O)c2ccc3ccccc3c2)C1. The topological polar surface area (TPSA) is 155 Å². The summed E-state index contributed by atoms with van der Waals surface area (Å²) in [5.41, 5.74) is 0.654. The molecule has 2 aliphatic heterocycles. The van der Waals surface area contributed by atoms with Crippen LogP contribution in [0.2, 0.25) is 0 Å². The zero-order chi connectivity index (χ0) is 30.5. The van der Waals surface area contributed by atoms with Gasteiger partial charge in [0.25, 0.3) is 11.8 Å². The van der Waals surface area contributed by atoms with Crippen LogP contribution < -0.4 is 15.4 Å². The molecule has 2 aliphatic rings. The van der Waals surface area contributed by atoms with Gasteiger partial charge in [0.05, 0.1) is 32.2 Å². The molecule has 3 aromatic carbocycles. The van der Waals surface area contributed by atoms with E-state index in [-0.39, 0.29) is 38.5 Å². The first kappa shape index (κ1) is 29.5. The number of carbonyl (C=O) groups is 5. The third kappa shape index (κ3) is 6.75. The van der Waals surface area contributed by atoms with Crippen LogP contribution in [0.1, 0.15) is 33.6 Å². The number of benzene rings is 3. The van der Waals surface area contributed by atoms with Gasteiger partial charge in [-0.05, 0) is 41.5 Å².